The first-order valence-corrected chi connectivity index (χ1v) is 5.79. The van der Waals surface area contributed by atoms with Crippen molar-refractivity contribution in [2.45, 2.75) is 25.7 Å². The maximum absolute atomic E-state index is 11.2. The normalized spacial score (nSPS) is 17.8. The molecule has 2 aliphatic rings. The van der Waals surface area contributed by atoms with E-state index in [4.69, 9.17) is 9.47 Å². The molecular formula is C13H14O3. The molecule has 16 heavy (non-hydrogen) atoms. The van der Waals surface area contributed by atoms with E-state index in [1.165, 1.54) is 0 Å². The molecule has 0 aliphatic carbocycles. The van der Waals surface area contributed by atoms with Crippen LogP contribution in [-0.4, -0.2) is 19.5 Å². The van der Waals surface area contributed by atoms with Gasteiger partial charge in [0.1, 0.15) is 11.5 Å². The van der Waals surface area contributed by atoms with Crippen molar-refractivity contribution in [3.8, 4) is 11.5 Å². The average Bonchev–Trinajstić information content (AvgIpc) is 2.36. The van der Waals surface area contributed by atoms with Crippen LogP contribution in [0.15, 0.2) is 6.07 Å². The average molecular weight is 218 g/mol. The minimum Gasteiger partial charge on any atom is -0.493 e. The summed E-state index contributed by atoms with van der Waals surface area (Å²) in [6.07, 6.45) is 4.81. The third-order valence-electron chi connectivity index (χ3n) is 3.25. The number of carbonyl (C=O) groups excluding carboxylic acids is 1. The number of carbonyl (C=O) groups is 1. The fraction of sp³-hybridized carbons (Fsp3) is 0.462. The van der Waals surface area contributed by atoms with E-state index in [1.807, 2.05) is 0 Å². The lowest BCUT2D eigenvalue weighted by molar-refractivity contribution is 0.111. The van der Waals surface area contributed by atoms with Gasteiger partial charge >= 0.3 is 0 Å². The molecule has 2 aliphatic heterocycles. The monoisotopic (exact) mass is 218 g/mol. The molecule has 0 radical (unpaired) electrons. The van der Waals surface area contributed by atoms with Gasteiger partial charge in [0.05, 0.1) is 18.8 Å². The van der Waals surface area contributed by atoms with Crippen molar-refractivity contribution in [2.75, 3.05) is 13.2 Å². The summed E-state index contributed by atoms with van der Waals surface area (Å²) >= 11 is 0. The van der Waals surface area contributed by atoms with Crippen LogP contribution in [0, 0.1) is 0 Å². The summed E-state index contributed by atoms with van der Waals surface area (Å²) in [7, 11) is 0. The molecule has 3 nitrogen and oxygen atoms in total. The van der Waals surface area contributed by atoms with Crippen LogP contribution in [0.5, 0.6) is 11.5 Å². The van der Waals surface area contributed by atoms with Gasteiger partial charge in [0.2, 0.25) is 0 Å². The van der Waals surface area contributed by atoms with E-state index in [1.54, 1.807) is 0 Å². The molecule has 0 aromatic heterocycles. The number of aldehydes is 1. The first-order valence-electron chi connectivity index (χ1n) is 5.79. The molecule has 84 valence electrons. The molecule has 0 saturated carbocycles. The zero-order chi connectivity index (χ0) is 11.0. The van der Waals surface area contributed by atoms with E-state index in [9.17, 15) is 4.79 Å². The highest BCUT2D eigenvalue weighted by Crippen LogP contribution is 2.38. The second kappa shape index (κ2) is 3.81. The maximum atomic E-state index is 11.2. The lowest BCUT2D eigenvalue weighted by Crippen LogP contribution is -2.16. The number of ether oxygens (including phenoxy) is 2. The number of fused-ring (bicyclic) bond motifs is 2. The van der Waals surface area contributed by atoms with Gasteiger partial charge in [-0.1, -0.05) is 0 Å². The van der Waals surface area contributed by atoms with Crippen molar-refractivity contribution < 1.29 is 14.3 Å². The molecule has 0 spiro atoms. The first kappa shape index (κ1) is 9.70. The SMILES string of the molecule is O=Cc1c2c(cc3c1OCCC3)OCCC2. The smallest absolute Gasteiger partial charge is 0.154 e. The summed E-state index contributed by atoms with van der Waals surface area (Å²) in [4.78, 5) is 11.2. The van der Waals surface area contributed by atoms with E-state index < -0.39 is 0 Å². The van der Waals surface area contributed by atoms with Gasteiger partial charge in [0.15, 0.2) is 6.29 Å². The molecule has 0 bridgehead atoms. The third-order valence-corrected chi connectivity index (χ3v) is 3.25. The molecule has 3 rings (SSSR count). The molecule has 1 aromatic carbocycles. The third kappa shape index (κ3) is 1.39. The Labute approximate surface area is 94.4 Å². The quantitative estimate of drug-likeness (QED) is 0.677. The van der Waals surface area contributed by atoms with Gasteiger partial charge < -0.3 is 9.47 Å². The molecule has 0 saturated heterocycles. The second-order valence-electron chi connectivity index (χ2n) is 4.28. The summed E-state index contributed by atoms with van der Waals surface area (Å²) in [6, 6.07) is 2.05. The predicted octanol–water partition coefficient (Wildman–Crippen LogP) is 2.15. The predicted molar refractivity (Wildman–Crippen MR) is 59.5 cm³/mol. The highest BCUT2D eigenvalue weighted by Gasteiger charge is 2.23. The minimum absolute atomic E-state index is 0.715. The topological polar surface area (TPSA) is 35.5 Å². The van der Waals surface area contributed by atoms with Gasteiger partial charge in [-0.2, -0.15) is 0 Å². The fourth-order valence-corrected chi connectivity index (χ4v) is 2.49. The number of hydrogen-bond acceptors (Lipinski definition) is 3. The number of benzene rings is 1. The van der Waals surface area contributed by atoms with Crippen molar-refractivity contribution >= 4 is 6.29 Å². The lowest BCUT2D eigenvalue weighted by atomic mass is 9.94. The standard InChI is InChI=1S/C13H14O3/c14-8-11-10-4-2-5-15-12(10)7-9-3-1-6-16-13(9)11/h7-8H,1-6H2. The van der Waals surface area contributed by atoms with Crippen LogP contribution in [0.4, 0.5) is 0 Å². The Balaban J connectivity index is 2.20. The summed E-state index contributed by atoms with van der Waals surface area (Å²) in [5.41, 5.74) is 2.86. The van der Waals surface area contributed by atoms with E-state index in [-0.39, 0.29) is 0 Å². The van der Waals surface area contributed by atoms with Gasteiger partial charge in [-0.15, -0.1) is 0 Å². The van der Waals surface area contributed by atoms with Crippen molar-refractivity contribution in [3.05, 3.63) is 22.8 Å². The van der Waals surface area contributed by atoms with Gasteiger partial charge in [-0.25, -0.2) is 0 Å². The highest BCUT2D eigenvalue weighted by atomic mass is 16.5. The number of hydrogen-bond donors (Lipinski definition) is 0. The van der Waals surface area contributed by atoms with Crippen molar-refractivity contribution in [1.29, 1.82) is 0 Å². The zero-order valence-corrected chi connectivity index (χ0v) is 9.12. The summed E-state index contributed by atoms with van der Waals surface area (Å²) in [6.45, 7) is 1.47. The van der Waals surface area contributed by atoms with Gasteiger partial charge in [-0.3, -0.25) is 4.79 Å². The van der Waals surface area contributed by atoms with Crippen molar-refractivity contribution in [1.82, 2.24) is 0 Å². The molecule has 0 unspecified atom stereocenters. The van der Waals surface area contributed by atoms with Gasteiger partial charge in [-0.05, 0) is 37.3 Å². The Kier molecular flexibility index (Phi) is 2.31. The van der Waals surface area contributed by atoms with Crippen LogP contribution in [-0.2, 0) is 12.8 Å². The Bertz CT molecular complexity index is 403. The molecule has 1 aromatic rings. The van der Waals surface area contributed by atoms with Crippen LogP contribution in [0.2, 0.25) is 0 Å². The molecule has 0 atom stereocenters. The Morgan fingerprint density at radius 3 is 2.81 bits per heavy atom. The number of aryl methyl sites for hydroxylation is 1. The van der Waals surface area contributed by atoms with Crippen LogP contribution in [0.1, 0.15) is 34.3 Å². The van der Waals surface area contributed by atoms with Crippen LogP contribution < -0.4 is 9.47 Å². The zero-order valence-electron chi connectivity index (χ0n) is 9.12. The molecule has 2 heterocycles. The van der Waals surface area contributed by atoms with Gasteiger partial charge in [0, 0.05) is 5.56 Å². The summed E-state index contributed by atoms with van der Waals surface area (Å²) in [5.74, 6) is 1.68. The van der Waals surface area contributed by atoms with E-state index in [0.717, 1.165) is 61.2 Å². The minimum atomic E-state index is 0.715. The van der Waals surface area contributed by atoms with E-state index in [0.29, 0.717) is 12.2 Å². The van der Waals surface area contributed by atoms with E-state index >= 15 is 0 Å². The molecule has 0 N–H and O–H groups in total. The van der Waals surface area contributed by atoms with Crippen molar-refractivity contribution in [2.24, 2.45) is 0 Å². The summed E-state index contributed by atoms with van der Waals surface area (Å²) < 4.78 is 11.2. The number of rotatable bonds is 1. The molecule has 3 heteroatoms. The second-order valence-corrected chi connectivity index (χ2v) is 4.28. The molecular weight excluding hydrogens is 204 g/mol. The fourth-order valence-electron chi connectivity index (χ4n) is 2.49. The van der Waals surface area contributed by atoms with Crippen LogP contribution in [0.3, 0.4) is 0 Å². The highest BCUT2D eigenvalue weighted by molar-refractivity contribution is 5.84. The Morgan fingerprint density at radius 2 is 1.94 bits per heavy atom. The first-order chi connectivity index (χ1) is 7.90. The Hall–Kier alpha value is -1.51. The van der Waals surface area contributed by atoms with E-state index in [2.05, 4.69) is 6.07 Å². The lowest BCUT2D eigenvalue weighted by Gasteiger charge is -2.25. The molecule has 0 amide bonds. The summed E-state index contributed by atoms with van der Waals surface area (Å²) in [5, 5.41) is 0. The Morgan fingerprint density at radius 1 is 1.12 bits per heavy atom. The van der Waals surface area contributed by atoms with Crippen molar-refractivity contribution in [3.63, 3.8) is 0 Å². The van der Waals surface area contributed by atoms with Crippen LogP contribution >= 0.6 is 0 Å². The molecule has 0 fully saturated rings. The van der Waals surface area contributed by atoms with Crippen LogP contribution in [0.25, 0.3) is 0 Å². The largest absolute Gasteiger partial charge is 0.493 e. The van der Waals surface area contributed by atoms with Gasteiger partial charge in [0.25, 0.3) is 0 Å². The maximum Gasteiger partial charge on any atom is 0.154 e.